The standard InChI is InChI=1S/C17H24N6O/c1-13-10-19-16(20-13)15-12-22(8-9-24-15)11-14-4-5-18-17(21-14)23-6-2-3-7-23/h4-5,10,15H,2-3,6-9,11-12H2,1H3,(H,19,20). The number of imidazole rings is 1. The van der Waals surface area contributed by atoms with Crippen LogP contribution in [0.15, 0.2) is 18.5 Å². The Labute approximate surface area is 142 Å². The molecule has 2 aliphatic rings. The number of anilines is 1. The Morgan fingerprint density at radius 2 is 2.12 bits per heavy atom. The van der Waals surface area contributed by atoms with Gasteiger partial charge in [0.05, 0.1) is 12.3 Å². The van der Waals surface area contributed by atoms with Gasteiger partial charge in [-0.3, -0.25) is 4.90 Å². The fourth-order valence-corrected chi connectivity index (χ4v) is 3.38. The summed E-state index contributed by atoms with van der Waals surface area (Å²) in [5.41, 5.74) is 2.14. The van der Waals surface area contributed by atoms with Crippen molar-refractivity contribution in [2.75, 3.05) is 37.7 Å². The number of rotatable bonds is 4. The zero-order valence-electron chi connectivity index (χ0n) is 14.1. The molecule has 4 heterocycles. The summed E-state index contributed by atoms with van der Waals surface area (Å²) < 4.78 is 5.87. The number of aryl methyl sites for hydroxylation is 1. The summed E-state index contributed by atoms with van der Waals surface area (Å²) >= 11 is 0. The van der Waals surface area contributed by atoms with Gasteiger partial charge in [0, 0.05) is 50.8 Å². The summed E-state index contributed by atoms with van der Waals surface area (Å²) in [5, 5.41) is 0. The van der Waals surface area contributed by atoms with E-state index in [9.17, 15) is 0 Å². The van der Waals surface area contributed by atoms with E-state index in [1.165, 1.54) is 12.8 Å². The van der Waals surface area contributed by atoms with Gasteiger partial charge >= 0.3 is 0 Å². The van der Waals surface area contributed by atoms with Crippen molar-refractivity contribution >= 4 is 5.95 Å². The van der Waals surface area contributed by atoms with Gasteiger partial charge in [-0.05, 0) is 25.8 Å². The van der Waals surface area contributed by atoms with E-state index < -0.39 is 0 Å². The van der Waals surface area contributed by atoms with Crippen molar-refractivity contribution in [1.82, 2.24) is 24.8 Å². The van der Waals surface area contributed by atoms with Crippen LogP contribution in [0.2, 0.25) is 0 Å². The van der Waals surface area contributed by atoms with Gasteiger partial charge in [0.2, 0.25) is 5.95 Å². The molecule has 128 valence electrons. The summed E-state index contributed by atoms with van der Waals surface area (Å²) in [5.74, 6) is 1.79. The van der Waals surface area contributed by atoms with Crippen molar-refractivity contribution in [3.8, 4) is 0 Å². The van der Waals surface area contributed by atoms with Crippen LogP contribution < -0.4 is 4.90 Å². The van der Waals surface area contributed by atoms with Crippen LogP contribution in [0.25, 0.3) is 0 Å². The molecule has 2 aromatic rings. The van der Waals surface area contributed by atoms with Crippen LogP contribution >= 0.6 is 0 Å². The second-order valence-corrected chi connectivity index (χ2v) is 6.59. The maximum atomic E-state index is 5.87. The van der Waals surface area contributed by atoms with Crippen LogP contribution in [0.4, 0.5) is 5.95 Å². The molecule has 0 bridgehead atoms. The number of aromatic nitrogens is 4. The fourth-order valence-electron chi connectivity index (χ4n) is 3.38. The van der Waals surface area contributed by atoms with Gasteiger partial charge in [0.25, 0.3) is 0 Å². The zero-order chi connectivity index (χ0) is 16.4. The lowest BCUT2D eigenvalue weighted by atomic mass is 10.2. The molecule has 2 fully saturated rings. The number of morpholine rings is 1. The van der Waals surface area contributed by atoms with Gasteiger partial charge in [0.15, 0.2) is 0 Å². The topological polar surface area (TPSA) is 70.2 Å². The molecule has 0 radical (unpaired) electrons. The molecule has 1 atom stereocenters. The van der Waals surface area contributed by atoms with E-state index in [0.29, 0.717) is 6.61 Å². The van der Waals surface area contributed by atoms with Crippen LogP contribution in [-0.2, 0) is 11.3 Å². The first-order valence-corrected chi connectivity index (χ1v) is 8.70. The minimum atomic E-state index is 0.00680. The Morgan fingerprint density at radius 1 is 1.25 bits per heavy atom. The van der Waals surface area contributed by atoms with E-state index in [1.807, 2.05) is 25.4 Å². The van der Waals surface area contributed by atoms with Crippen LogP contribution in [-0.4, -0.2) is 57.6 Å². The van der Waals surface area contributed by atoms with Crippen LogP contribution in [0.3, 0.4) is 0 Å². The highest BCUT2D eigenvalue weighted by atomic mass is 16.5. The molecule has 0 saturated carbocycles. The van der Waals surface area contributed by atoms with Gasteiger partial charge < -0.3 is 14.6 Å². The Kier molecular flexibility index (Phi) is 4.44. The summed E-state index contributed by atoms with van der Waals surface area (Å²) in [6, 6.07) is 2.01. The Morgan fingerprint density at radius 3 is 2.92 bits per heavy atom. The van der Waals surface area contributed by atoms with Crippen molar-refractivity contribution in [3.05, 3.63) is 35.7 Å². The number of nitrogens with one attached hydrogen (secondary N) is 1. The minimum Gasteiger partial charge on any atom is -0.368 e. The predicted octanol–water partition coefficient (Wildman–Crippen LogP) is 1.68. The normalized spacial score (nSPS) is 22.2. The lowest BCUT2D eigenvalue weighted by Gasteiger charge is -2.31. The maximum absolute atomic E-state index is 5.87. The van der Waals surface area contributed by atoms with Crippen molar-refractivity contribution in [3.63, 3.8) is 0 Å². The number of hydrogen-bond acceptors (Lipinski definition) is 6. The second kappa shape index (κ2) is 6.86. The molecule has 24 heavy (non-hydrogen) atoms. The zero-order valence-corrected chi connectivity index (χ0v) is 14.1. The molecular weight excluding hydrogens is 304 g/mol. The van der Waals surface area contributed by atoms with E-state index in [4.69, 9.17) is 9.72 Å². The molecule has 2 aromatic heterocycles. The largest absolute Gasteiger partial charge is 0.368 e. The molecule has 7 nitrogen and oxygen atoms in total. The van der Waals surface area contributed by atoms with E-state index >= 15 is 0 Å². The number of hydrogen-bond donors (Lipinski definition) is 1. The van der Waals surface area contributed by atoms with E-state index in [-0.39, 0.29) is 6.10 Å². The minimum absolute atomic E-state index is 0.00680. The van der Waals surface area contributed by atoms with Crippen LogP contribution in [0, 0.1) is 6.92 Å². The lowest BCUT2D eigenvalue weighted by Crippen LogP contribution is -2.38. The smallest absolute Gasteiger partial charge is 0.225 e. The van der Waals surface area contributed by atoms with Gasteiger partial charge in [0.1, 0.15) is 11.9 Å². The van der Waals surface area contributed by atoms with Gasteiger partial charge in [-0.15, -0.1) is 0 Å². The van der Waals surface area contributed by atoms with Crippen molar-refractivity contribution in [1.29, 1.82) is 0 Å². The van der Waals surface area contributed by atoms with Crippen molar-refractivity contribution in [2.45, 2.75) is 32.4 Å². The van der Waals surface area contributed by atoms with E-state index in [0.717, 1.165) is 55.9 Å². The number of aromatic amines is 1. The Hall–Kier alpha value is -1.99. The molecule has 0 aromatic carbocycles. The molecule has 0 aliphatic carbocycles. The average molecular weight is 328 g/mol. The summed E-state index contributed by atoms with van der Waals surface area (Å²) in [6.07, 6.45) is 6.21. The SMILES string of the molecule is Cc1cnc(C2CN(Cc3ccnc(N4CCCC4)n3)CCO2)[nH]1. The lowest BCUT2D eigenvalue weighted by molar-refractivity contribution is -0.0372. The average Bonchev–Trinajstić information content (AvgIpc) is 3.27. The molecule has 2 aliphatic heterocycles. The van der Waals surface area contributed by atoms with Crippen LogP contribution in [0.1, 0.15) is 36.2 Å². The summed E-state index contributed by atoms with van der Waals surface area (Å²) in [4.78, 5) is 21.5. The number of H-pyrrole nitrogens is 1. The highest BCUT2D eigenvalue weighted by molar-refractivity contribution is 5.31. The summed E-state index contributed by atoms with van der Waals surface area (Å²) in [7, 11) is 0. The molecule has 7 heteroatoms. The molecule has 0 amide bonds. The highest BCUT2D eigenvalue weighted by Crippen LogP contribution is 2.21. The Balaban J connectivity index is 1.42. The third kappa shape index (κ3) is 3.42. The second-order valence-electron chi connectivity index (χ2n) is 6.59. The third-order valence-electron chi connectivity index (χ3n) is 4.65. The highest BCUT2D eigenvalue weighted by Gasteiger charge is 2.24. The first-order valence-electron chi connectivity index (χ1n) is 8.70. The van der Waals surface area contributed by atoms with E-state index in [2.05, 4.69) is 24.8 Å². The number of ether oxygens (including phenoxy) is 1. The molecule has 1 unspecified atom stereocenters. The predicted molar refractivity (Wildman–Crippen MR) is 90.8 cm³/mol. The van der Waals surface area contributed by atoms with E-state index in [1.54, 1.807) is 0 Å². The van der Waals surface area contributed by atoms with Crippen molar-refractivity contribution < 1.29 is 4.74 Å². The monoisotopic (exact) mass is 328 g/mol. The molecule has 2 saturated heterocycles. The van der Waals surface area contributed by atoms with Gasteiger partial charge in [-0.2, -0.15) is 0 Å². The molecular formula is C17H24N6O. The molecule has 1 N–H and O–H groups in total. The third-order valence-corrected chi connectivity index (χ3v) is 4.65. The maximum Gasteiger partial charge on any atom is 0.225 e. The quantitative estimate of drug-likeness (QED) is 0.921. The first kappa shape index (κ1) is 15.5. The van der Waals surface area contributed by atoms with Crippen molar-refractivity contribution in [2.24, 2.45) is 0 Å². The molecule has 4 rings (SSSR count). The van der Waals surface area contributed by atoms with Gasteiger partial charge in [-0.25, -0.2) is 15.0 Å². The summed E-state index contributed by atoms with van der Waals surface area (Å²) in [6.45, 7) is 7.44. The Bertz CT molecular complexity index is 681. The van der Waals surface area contributed by atoms with Gasteiger partial charge in [-0.1, -0.05) is 0 Å². The van der Waals surface area contributed by atoms with Crippen LogP contribution in [0.5, 0.6) is 0 Å². The fraction of sp³-hybridized carbons (Fsp3) is 0.588. The number of nitrogens with zero attached hydrogens (tertiary/aromatic N) is 5. The first-order chi connectivity index (χ1) is 11.8. The molecule has 0 spiro atoms.